The Morgan fingerprint density at radius 3 is 2.61 bits per heavy atom. The van der Waals surface area contributed by atoms with Crippen LogP contribution >= 0.6 is 0 Å². The number of nitrogens with one attached hydrogen (secondary N) is 1. The zero-order valence-corrected chi connectivity index (χ0v) is 12.2. The summed E-state index contributed by atoms with van der Waals surface area (Å²) in [6.45, 7) is 8.86. The van der Waals surface area contributed by atoms with Gasteiger partial charge in [-0.15, -0.1) is 0 Å². The second-order valence-corrected chi connectivity index (χ2v) is 7.58. The van der Waals surface area contributed by atoms with Crippen molar-refractivity contribution in [2.24, 2.45) is 4.99 Å². The van der Waals surface area contributed by atoms with Crippen LogP contribution in [0.1, 0.15) is 34.1 Å². The number of sulfonamides is 1. The van der Waals surface area contributed by atoms with Crippen LogP contribution in [0.25, 0.3) is 0 Å². The molecule has 0 radical (unpaired) electrons. The zero-order chi connectivity index (χ0) is 13.5. The van der Waals surface area contributed by atoms with Gasteiger partial charge in [0, 0.05) is 24.7 Å². The molecule has 2 rings (SSSR count). The summed E-state index contributed by atoms with van der Waals surface area (Å²) < 4.78 is 26.6. The molecule has 1 saturated heterocycles. The van der Waals surface area contributed by atoms with Gasteiger partial charge < -0.3 is 4.90 Å². The zero-order valence-electron chi connectivity index (χ0n) is 11.4. The molecule has 2 aliphatic rings. The highest BCUT2D eigenvalue weighted by Gasteiger charge is 2.34. The predicted molar refractivity (Wildman–Crippen MR) is 73.0 cm³/mol. The number of amidine groups is 1. The summed E-state index contributed by atoms with van der Waals surface area (Å²) >= 11 is 0. The molecule has 0 aromatic heterocycles. The van der Waals surface area contributed by atoms with Crippen molar-refractivity contribution in [1.29, 1.82) is 0 Å². The van der Waals surface area contributed by atoms with Crippen LogP contribution in [0.15, 0.2) is 16.3 Å². The Hall–Kier alpha value is -0.880. The van der Waals surface area contributed by atoms with Gasteiger partial charge in [-0.05, 0) is 33.3 Å². The molecular weight excluding hydrogens is 250 g/mol. The highest BCUT2D eigenvalue weighted by Crippen LogP contribution is 2.28. The third kappa shape index (κ3) is 2.44. The lowest BCUT2D eigenvalue weighted by Crippen LogP contribution is -2.41. The third-order valence-corrected chi connectivity index (χ3v) is 5.45. The minimum atomic E-state index is -3.20. The van der Waals surface area contributed by atoms with E-state index in [1.807, 2.05) is 6.92 Å². The van der Waals surface area contributed by atoms with Gasteiger partial charge in [-0.2, -0.15) is 0 Å². The highest BCUT2D eigenvalue weighted by molar-refractivity contribution is 7.90. The molecular formula is C12H21N3O2S. The van der Waals surface area contributed by atoms with E-state index in [4.69, 9.17) is 0 Å². The van der Waals surface area contributed by atoms with E-state index in [1.165, 1.54) is 11.3 Å². The number of nitrogens with zero attached hydrogens (tertiary/aromatic N) is 2. The summed E-state index contributed by atoms with van der Waals surface area (Å²) in [6, 6.07) is -0.0365. The summed E-state index contributed by atoms with van der Waals surface area (Å²) in [5.41, 5.74) is 2.48. The summed E-state index contributed by atoms with van der Waals surface area (Å²) in [5.74, 6) is 0.988. The first-order chi connectivity index (χ1) is 8.31. The fraction of sp³-hybridized carbons (Fsp3) is 0.750. The average molecular weight is 271 g/mol. The Morgan fingerprint density at radius 2 is 2.06 bits per heavy atom. The number of fused-ring (bicyclic) bond motifs is 1. The van der Waals surface area contributed by atoms with Crippen molar-refractivity contribution >= 4 is 15.9 Å². The van der Waals surface area contributed by atoms with Gasteiger partial charge in [0.2, 0.25) is 10.0 Å². The van der Waals surface area contributed by atoms with Crippen LogP contribution in [-0.4, -0.2) is 43.5 Å². The van der Waals surface area contributed by atoms with Gasteiger partial charge in [-0.1, -0.05) is 0 Å². The topological polar surface area (TPSA) is 61.8 Å². The molecule has 102 valence electrons. The summed E-state index contributed by atoms with van der Waals surface area (Å²) in [5, 5.41) is -0.389. The second-order valence-electron chi connectivity index (χ2n) is 5.31. The van der Waals surface area contributed by atoms with Gasteiger partial charge in [0.25, 0.3) is 0 Å². The Labute approximate surface area is 109 Å². The van der Waals surface area contributed by atoms with Crippen molar-refractivity contribution in [2.75, 3.05) is 13.1 Å². The van der Waals surface area contributed by atoms with E-state index in [0.29, 0.717) is 6.54 Å². The van der Waals surface area contributed by atoms with Gasteiger partial charge in [-0.25, -0.2) is 13.1 Å². The van der Waals surface area contributed by atoms with E-state index >= 15 is 0 Å². The molecule has 2 aliphatic heterocycles. The summed E-state index contributed by atoms with van der Waals surface area (Å²) in [4.78, 5) is 6.56. The van der Waals surface area contributed by atoms with E-state index < -0.39 is 10.0 Å². The number of rotatable bonds is 3. The molecule has 1 atom stereocenters. The fourth-order valence-electron chi connectivity index (χ4n) is 2.33. The van der Waals surface area contributed by atoms with Gasteiger partial charge in [-0.3, -0.25) is 4.99 Å². The first-order valence-corrected chi connectivity index (χ1v) is 7.84. The predicted octanol–water partition coefficient (Wildman–Crippen LogP) is 1.09. The van der Waals surface area contributed by atoms with Crippen LogP contribution < -0.4 is 4.72 Å². The maximum absolute atomic E-state index is 11.9. The molecule has 1 fully saturated rings. The largest absolute Gasteiger partial charge is 0.332 e. The van der Waals surface area contributed by atoms with Crippen LogP contribution in [0.2, 0.25) is 0 Å². The standard InChI is InChI=1S/C12H21N3O2S/c1-8(2)18(16,17)14-11-5-12-9(3)6-13-10(4)15(12)7-11/h8,11,14H,5-7H2,1-4H3/t11-/m0/s1. The van der Waals surface area contributed by atoms with Crippen molar-refractivity contribution in [3.63, 3.8) is 0 Å². The molecule has 2 heterocycles. The molecule has 6 heteroatoms. The van der Waals surface area contributed by atoms with E-state index in [2.05, 4.69) is 21.5 Å². The molecule has 0 bridgehead atoms. The van der Waals surface area contributed by atoms with Crippen LogP contribution in [0, 0.1) is 0 Å². The van der Waals surface area contributed by atoms with Crippen molar-refractivity contribution in [1.82, 2.24) is 9.62 Å². The Bertz CT molecular complexity index is 505. The molecule has 1 N–H and O–H groups in total. The first-order valence-electron chi connectivity index (χ1n) is 6.29. The summed E-state index contributed by atoms with van der Waals surface area (Å²) in [6.07, 6.45) is 0.768. The summed E-state index contributed by atoms with van der Waals surface area (Å²) in [7, 11) is -3.20. The smallest absolute Gasteiger partial charge is 0.214 e. The van der Waals surface area contributed by atoms with Gasteiger partial charge >= 0.3 is 0 Å². The minimum Gasteiger partial charge on any atom is -0.332 e. The molecule has 5 nitrogen and oxygen atoms in total. The van der Waals surface area contributed by atoms with Crippen LogP contribution in [0.5, 0.6) is 0 Å². The van der Waals surface area contributed by atoms with E-state index in [-0.39, 0.29) is 11.3 Å². The van der Waals surface area contributed by atoms with Crippen LogP contribution in [0.3, 0.4) is 0 Å². The second kappa shape index (κ2) is 4.66. The van der Waals surface area contributed by atoms with Crippen LogP contribution in [-0.2, 0) is 10.0 Å². The average Bonchev–Trinajstić information content (AvgIpc) is 2.67. The molecule has 0 unspecified atom stereocenters. The lowest BCUT2D eigenvalue weighted by atomic mass is 10.1. The Morgan fingerprint density at radius 1 is 1.39 bits per heavy atom. The van der Waals surface area contributed by atoms with Crippen molar-refractivity contribution in [3.8, 4) is 0 Å². The molecule has 0 amide bonds. The lowest BCUT2D eigenvalue weighted by molar-refractivity contribution is 0.513. The molecule has 0 aromatic rings. The van der Waals surface area contributed by atoms with E-state index in [1.54, 1.807) is 13.8 Å². The van der Waals surface area contributed by atoms with E-state index in [0.717, 1.165) is 18.8 Å². The fourth-order valence-corrected chi connectivity index (χ4v) is 3.22. The molecule has 0 aliphatic carbocycles. The monoisotopic (exact) mass is 271 g/mol. The number of hydrogen-bond donors (Lipinski definition) is 1. The normalized spacial score (nSPS) is 24.6. The van der Waals surface area contributed by atoms with Crippen molar-refractivity contribution < 1.29 is 8.42 Å². The minimum absolute atomic E-state index is 0.0365. The van der Waals surface area contributed by atoms with Crippen molar-refractivity contribution in [2.45, 2.75) is 45.4 Å². The highest BCUT2D eigenvalue weighted by atomic mass is 32.2. The van der Waals surface area contributed by atoms with Gasteiger partial charge in [0.05, 0.1) is 11.8 Å². The van der Waals surface area contributed by atoms with Crippen LogP contribution in [0.4, 0.5) is 0 Å². The van der Waals surface area contributed by atoms with Gasteiger partial charge in [0.15, 0.2) is 0 Å². The molecule has 0 aromatic carbocycles. The Balaban J connectivity index is 2.13. The third-order valence-electron chi connectivity index (χ3n) is 3.55. The lowest BCUT2D eigenvalue weighted by Gasteiger charge is -2.25. The maximum Gasteiger partial charge on any atom is 0.214 e. The molecule has 0 saturated carbocycles. The SMILES string of the molecule is CC1=NCC(C)=C2C[C@H](NS(=O)(=O)C(C)C)CN12. The quantitative estimate of drug-likeness (QED) is 0.836. The first kappa shape index (κ1) is 13.5. The van der Waals surface area contributed by atoms with E-state index in [9.17, 15) is 8.42 Å². The molecule has 0 spiro atoms. The number of hydrogen-bond acceptors (Lipinski definition) is 4. The molecule has 18 heavy (non-hydrogen) atoms. The maximum atomic E-state index is 11.9. The van der Waals surface area contributed by atoms with Gasteiger partial charge in [0.1, 0.15) is 5.84 Å². The van der Waals surface area contributed by atoms with Crippen molar-refractivity contribution in [3.05, 3.63) is 11.3 Å². The Kier molecular flexibility index (Phi) is 3.51. The number of aliphatic imine (C=N–C) groups is 1.